The fraction of sp³-hybridized carbons (Fsp3) is 0.500. The second kappa shape index (κ2) is 2.62. The predicted molar refractivity (Wildman–Crippen MR) is 47.9 cm³/mol. The van der Waals surface area contributed by atoms with Crippen molar-refractivity contribution in [3.8, 4) is 0 Å². The summed E-state index contributed by atoms with van der Waals surface area (Å²) >= 11 is 0. The number of aromatic nitrogens is 2. The molecule has 0 spiro atoms. The normalized spacial score (nSPS) is 16.1. The summed E-state index contributed by atoms with van der Waals surface area (Å²) < 4.78 is 0. The zero-order valence-corrected chi connectivity index (χ0v) is 7.07. The monoisotopic (exact) mass is 164 g/mol. The van der Waals surface area contributed by atoms with Gasteiger partial charge in [0.2, 0.25) is 0 Å². The van der Waals surface area contributed by atoms with Crippen LogP contribution in [0.3, 0.4) is 0 Å². The molecule has 0 radical (unpaired) electrons. The topological polar surface area (TPSA) is 55.0 Å². The summed E-state index contributed by atoms with van der Waals surface area (Å²) in [6.45, 7) is 0. The van der Waals surface area contributed by atoms with Gasteiger partial charge in [-0.3, -0.25) is 0 Å². The van der Waals surface area contributed by atoms with Gasteiger partial charge in [-0.05, 0) is 12.8 Å². The van der Waals surface area contributed by atoms with Gasteiger partial charge in [0, 0.05) is 19.2 Å². The molecule has 2 N–H and O–H groups in total. The first kappa shape index (κ1) is 7.34. The van der Waals surface area contributed by atoms with Crippen LogP contribution < -0.4 is 10.6 Å². The first-order valence-corrected chi connectivity index (χ1v) is 4.08. The second-order valence-electron chi connectivity index (χ2n) is 3.14. The molecule has 12 heavy (non-hydrogen) atoms. The highest BCUT2D eigenvalue weighted by atomic mass is 15.2. The smallest absolute Gasteiger partial charge is 0.134 e. The number of nitrogens with zero attached hydrogens (tertiary/aromatic N) is 3. The van der Waals surface area contributed by atoms with Crippen LogP contribution in [-0.2, 0) is 0 Å². The Morgan fingerprint density at radius 2 is 2.25 bits per heavy atom. The third-order valence-electron chi connectivity index (χ3n) is 2.13. The maximum atomic E-state index is 5.54. The van der Waals surface area contributed by atoms with Gasteiger partial charge >= 0.3 is 0 Å². The van der Waals surface area contributed by atoms with Crippen molar-refractivity contribution in [2.45, 2.75) is 18.9 Å². The summed E-state index contributed by atoms with van der Waals surface area (Å²) in [7, 11) is 2.04. The van der Waals surface area contributed by atoms with Crippen LogP contribution in [0.15, 0.2) is 12.4 Å². The Morgan fingerprint density at radius 1 is 1.50 bits per heavy atom. The van der Waals surface area contributed by atoms with Crippen LogP contribution >= 0.6 is 0 Å². The van der Waals surface area contributed by atoms with E-state index in [-0.39, 0.29) is 0 Å². The van der Waals surface area contributed by atoms with E-state index >= 15 is 0 Å². The Labute approximate surface area is 71.4 Å². The van der Waals surface area contributed by atoms with E-state index in [2.05, 4.69) is 14.9 Å². The number of nitrogen functional groups attached to an aromatic ring is 1. The third-order valence-corrected chi connectivity index (χ3v) is 2.13. The van der Waals surface area contributed by atoms with Gasteiger partial charge in [-0.1, -0.05) is 0 Å². The number of nitrogens with two attached hydrogens (primary N) is 1. The molecule has 0 unspecified atom stereocenters. The molecule has 0 aromatic carbocycles. The van der Waals surface area contributed by atoms with E-state index in [1.54, 1.807) is 6.07 Å². The largest absolute Gasteiger partial charge is 0.384 e. The van der Waals surface area contributed by atoms with Crippen LogP contribution in [0.25, 0.3) is 0 Å². The first-order valence-electron chi connectivity index (χ1n) is 4.08. The summed E-state index contributed by atoms with van der Waals surface area (Å²) in [6.07, 6.45) is 4.03. The SMILES string of the molecule is CN(c1cc(N)ncn1)C1CC1. The molecule has 0 atom stereocenters. The lowest BCUT2D eigenvalue weighted by Crippen LogP contribution is -2.20. The lowest BCUT2D eigenvalue weighted by Gasteiger charge is -2.16. The summed E-state index contributed by atoms with van der Waals surface area (Å²) in [5, 5.41) is 0. The average molecular weight is 164 g/mol. The number of hydrogen-bond acceptors (Lipinski definition) is 4. The fourth-order valence-corrected chi connectivity index (χ4v) is 1.20. The van der Waals surface area contributed by atoms with Gasteiger partial charge in [0.05, 0.1) is 0 Å². The third kappa shape index (κ3) is 1.32. The molecule has 1 aromatic rings. The molecule has 0 saturated heterocycles. The summed E-state index contributed by atoms with van der Waals surface area (Å²) in [4.78, 5) is 10.1. The van der Waals surface area contributed by atoms with Crippen LogP contribution in [0.2, 0.25) is 0 Å². The molecule has 1 aliphatic rings. The molecule has 1 saturated carbocycles. The van der Waals surface area contributed by atoms with E-state index in [4.69, 9.17) is 5.73 Å². The molecule has 0 bridgehead atoms. The molecule has 1 heterocycles. The van der Waals surface area contributed by atoms with Crippen LogP contribution in [0.5, 0.6) is 0 Å². The van der Waals surface area contributed by atoms with Crippen molar-refractivity contribution >= 4 is 11.6 Å². The number of rotatable bonds is 2. The molecule has 64 valence electrons. The highest BCUT2D eigenvalue weighted by Crippen LogP contribution is 2.28. The Bertz CT molecular complexity index is 282. The van der Waals surface area contributed by atoms with E-state index in [1.165, 1.54) is 19.2 Å². The molecular weight excluding hydrogens is 152 g/mol. The van der Waals surface area contributed by atoms with Crippen LogP contribution in [0.1, 0.15) is 12.8 Å². The van der Waals surface area contributed by atoms with E-state index in [1.807, 2.05) is 7.05 Å². The van der Waals surface area contributed by atoms with Crippen molar-refractivity contribution in [1.29, 1.82) is 0 Å². The van der Waals surface area contributed by atoms with Crippen molar-refractivity contribution in [1.82, 2.24) is 9.97 Å². The van der Waals surface area contributed by atoms with Gasteiger partial charge in [0.15, 0.2) is 0 Å². The van der Waals surface area contributed by atoms with Gasteiger partial charge in [-0.2, -0.15) is 0 Å². The van der Waals surface area contributed by atoms with Gasteiger partial charge in [0.25, 0.3) is 0 Å². The lowest BCUT2D eigenvalue weighted by atomic mass is 10.4. The Balaban J connectivity index is 2.20. The first-order chi connectivity index (χ1) is 5.77. The quantitative estimate of drug-likeness (QED) is 0.697. The lowest BCUT2D eigenvalue weighted by molar-refractivity contribution is 0.886. The van der Waals surface area contributed by atoms with Crippen molar-refractivity contribution in [3.05, 3.63) is 12.4 Å². The molecule has 0 amide bonds. The van der Waals surface area contributed by atoms with Gasteiger partial charge in [-0.15, -0.1) is 0 Å². The van der Waals surface area contributed by atoms with Crippen LogP contribution in [-0.4, -0.2) is 23.1 Å². The van der Waals surface area contributed by atoms with Crippen LogP contribution in [0, 0.1) is 0 Å². The zero-order valence-electron chi connectivity index (χ0n) is 7.07. The van der Waals surface area contributed by atoms with Crippen molar-refractivity contribution in [3.63, 3.8) is 0 Å². The maximum absolute atomic E-state index is 5.54. The Kier molecular flexibility index (Phi) is 1.60. The van der Waals surface area contributed by atoms with E-state index in [0.29, 0.717) is 11.9 Å². The molecule has 2 rings (SSSR count). The Morgan fingerprint density at radius 3 is 2.83 bits per heavy atom. The van der Waals surface area contributed by atoms with E-state index < -0.39 is 0 Å². The number of anilines is 2. The molecule has 4 heteroatoms. The van der Waals surface area contributed by atoms with Gasteiger partial charge in [-0.25, -0.2) is 9.97 Å². The fourth-order valence-electron chi connectivity index (χ4n) is 1.20. The molecule has 4 nitrogen and oxygen atoms in total. The van der Waals surface area contributed by atoms with E-state index in [9.17, 15) is 0 Å². The highest BCUT2D eigenvalue weighted by Gasteiger charge is 2.27. The maximum Gasteiger partial charge on any atom is 0.134 e. The average Bonchev–Trinajstić information content (AvgIpc) is 2.85. The minimum Gasteiger partial charge on any atom is -0.384 e. The van der Waals surface area contributed by atoms with Crippen LogP contribution in [0.4, 0.5) is 11.6 Å². The molecule has 0 aliphatic heterocycles. The van der Waals surface area contributed by atoms with Gasteiger partial charge in [0.1, 0.15) is 18.0 Å². The second-order valence-corrected chi connectivity index (χ2v) is 3.14. The standard InChI is InChI=1S/C8H12N4/c1-12(6-2-3-6)8-4-7(9)10-5-11-8/h4-6H,2-3H2,1H3,(H2,9,10,11). The summed E-state index contributed by atoms with van der Waals surface area (Å²) in [6, 6.07) is 2.47. The molecule has 1 aromatic heterocycles. The minimum absolute atomic E-state index is 0.535. The summed E-state index contributed by atoms with van der Waals surface area (Å²) in [5.74, 6) is 1.46. The zero-order chi connectivity index (χ0) is 8.55. The molecule has 1 fully saturated rings. The van der Waals surface area contributed by atoms with Crippen molar-refractivity contribution < 1.29 is 0 Å². The number of hydrogen-bond donors (Lipinski definition) is 1. The highest BCUT2D eigenvalue weighted by molar-refractivity contribution is 5.46. The van der Waals surface area contributed by atoms with Gasteiger partial charge < -0.3 is 10.6 Å². The minimum atomic E-state index is 0.535. The van der Waals surface area contributed by atoms with E-state index in [0.717, 1.165) is 5.82 Å². The summed E-state index contributed by atoms with van der Waals surface area (Å²) in [5.41, 5.74) is 5.54. The molecule has 1 aliphatic carbocycles. The van der Waals surface area contributed by atoms with Crippen molar-refractivity contribution in [2.24, 2.45) is 0 Å². The molecular formula is C8H12N4. The predicted octanol–water partition coefficient (Wildman–Crippen LogP) is 0.657. The van der Waals surface area contributed by atoms with Crippen molar-refractivity contribution in [2.75, 3.05) is 17.7 Å². The Hall–Kier alpha value is -1.32.